The predicted octanol–water partition coefficient (Wildman–Crippen LogP) is -0.302. The Morgan fingerprint density at radius 1 is 1.42 bits per heavy atom. The second kappa shape index (κ2) is 6.75. The second-order valence-electron chi connectivity index (χ2n) is 4.06. The molecule has 0 rings (SSSR count). The maximum Gasteiger partial charge on any atom is 0.433 e. The zero-order valence-electron chi connectivity index (χ0n) is 11.1. The highest BCUT2D eigenvalue weighted by atomic mass is 32.2. The molecular formula is C9H17N3O5S2. The van der Waals surface area contributed by atoms with E-state index in [1.54, 1.807) is 0 Å². The standard InChI is InChI=1S/C9H17N3O5S2/c1-9(2,19(4,15)16)7(18-5-6(10)13)12-17-8(14)11-3/h5H2,1-4H3,(H2,10,13)(H,11,14). The zero-order valence-corrected chi connectivity index (χ0v) is 12.7. The molecule has 0 saturated heterocycles. The Morgan fingerprint density at radius 3 is 2.32 bits per heavy atom. The third-order valence-corrected chi connectivity index (χ3v) is 5.67. The van der Waals surface area contributed by atoms with Crippen molar-refractivity contribution in [3.8, 4) is 0 Å². The summed E-state index contributed by atoms with van der Waals surface area (Å²) in [5.41, 5.74) is 4.99. The largest absolute Gasteiger partial charge is 0.433 e. The van der Waals surface area contributed by atoms with Crippen molar-refractivity contribution in [2.45, 2.75) is 18.6 Å². The van der Waals surface area contributed by atoms with Crippen molar-refractivity contribution in [1.29, 1.82) is 0 Å². The van der Waals surface area contributed by atoms with Crippen LogP contribution in [-0.4, -0.2) is 49.3 Å². The number of thioether (sulfide) groups is 1. The van der Waals surface area contributed by atoms with Gasteiger partial charge in [-0.05, 0) is 13.8 Å². The van der Waals surface area contributed by atoms with E-state index >= 15 is 0 Å². The maximum absolute atomic E-state index is 11.7. The molecule has 0 aliphatic heterocycles. The molecule has 0 unspecified atom stereocenters. The normalized spacial score (nSPS) is 12.9. The predicted molar refractivity (Wildman–Crippen MR) is 73.6 cm³/mol. The van der Waals surface area contributed by atoms with Gasteiger partial charge >= 0.3 is 6.09 Å². The van der Waals surface area contributed by atoms with Crippen LogP contribution in [0.15, 0.2) is 5.16 Å². The molecule has 0 aliphatic rings. The fourth-order valence-electron chi connectivity index (χ4n) is 0.737. The molecule has 0 aliphatic carbocycles. The maximum atomic E-state index is 11.7. The monoisotopic (exact) mass is 311 g/mol. The fourth-order valence-corrected chi connectivity index (χ4v) is 2.44. The number of amides is 2. The van der Waals surface area contributed by atoms with E-state index in [4.69, 9.17) is 5.73 Å². The van der Waals surface area contributed by atoms with Crippen molar-refractivity contribution in [2.24, 2.45) is 10.9 Å². The fraction of sp³-hybridized carbons (Fsp3) is 0.667. The Labute approximate surface area is 116 Å². The van der Waals surface area contributed by atoms with Crippen molar-refractivity contribution < 1.29 is 22.8 Å². The molecule has 0 heterocycles. The number of primary amides is 1. The van der Waals surface area contributed by atoms with Crippen LogP contribution in [0, 0.1) is 0 Å². The van der Waals surface area contributed by atoms with E-state index in [9.17, 15) is 18.0 Å². The first-order chi connectivity index (χ1) is 8.52. The number of nitrogens with zero attached hydrogens (tertiary/aromatic N) is 1. The lowest BCUT2D eigenvalue weighted by Crippen LogP contribution is -2.39. The molecule has 19 heavy (non-hydrogen) atoms. The highest BCUT2D eigenvalue weighted by molar-refractivity contribution is 8.16. The molecule has 0 aromatic carbocycles. The minimum absolute atomic E-state index is 0.0302. The van der Waals surface area contributed by atoms with Gasteiger partial charge in [0.1, 0.15) is 9.79 Å². The van der Waals surface area contributed by atoms with E-state index in [0.29, 0.717) is 0 Å². The van der Waals surface area contributed by atoms with Crippen molar-refractivity contribution in [3.05, 3.63) is 0 Å². The zero-order chi connectivity index (χ0) is 15.3. The summed E-state index contributed by atoms with van der Waals surface area (Å²) < 4.78 is 22.0. The highest BCUT2D eigenvalue weighted by Crippen LogP contribution is 2.25. The van der Waals surface area contributed by atoms with E-state index in [1.165, 1.54) is 20.9 Å². The van der Waals surface area contributed by atoms with Crippen molar-refractivity contribution in [1.82, 2.24) is 5.32 Å². The summed E-state index contributed by atoms with van der Waals surface area (Å²) >= 11 is 0.807. The van der Waals surface area contributed by atoms with Crippen LogP contribution >= 0.6 is 11.8 Å². The molecule has 0 bridgehead atoms. The van der Waals surface area contributed by atoms with E-state index in [1.807, 2.05) is 0 Å². The van der Waals surface area contributed by atoms with E-state index in [2.05, 4.69) is 15.3 Å². The Morgan fingerprint density at radius 2 is 1.95 bits per heavy atom. The minimum atomic E-state index is -3.52. The third kappa shape index (κ3) is 5.47. The second-order valence-corrected chi connectivity index (χ2v) is 7.59. The van der Waals surface area contributed by atoms with Crippen LogP contribution in [0.1, 0.15) is 13.8 Å². The van der Waals surface area contributed by atoms with Crippen LogP contribution in [0.5, 0.6) is 0 Å². The van der Waals surface area contributed by atoms with Gasteiger partial charge in [0, 0.05) is 13.3 Å². The number of carbonyl (C=O) groups excluding carboxylic acids is 2. The van der Waals surface area contributed by atoms with Crippen LogP contribution in [-0.2, 0) is 19.5 Å². The van der Waals surface area contributed by atoms with Crippen molar-refractivity contribution in [2.75, 3.05) is 19.1 Å². The average Bonchev–Trinajstić information content (AvgIpc) is 2.26. The third-order valence-electron chi connectivity index (χ3n) is 2.21. The Balaban J connectivity index is 5.27. The van der Waals surface area contributed by atoms with Crippen LogP contribution in [0.4, 0.5) is 4.79 Å². The molecule has 0 atom stereocenters. The Kier molecular flexibility index (Phi) is 6.30. The number of hydrogen-bond donors (Lipinski definition) is 2. The number of sulfone groups is 1. The molecule has 0 aromatic heterocycles. The summed E-state index contributed by atoms with van der Waals surface area (Å²) in [4.78, 5) is 26.2. The number of carbonyl (C=O) groups is 2. The molecule has 2 amide bonds. The number of oxime groups is 1. The summed E-state index contributed by atoms with van der Waals surface area (Å²) in [5, 5.41) is 5.61. The van der Waals surface area contributed by atoms with Gasteiger partial charge in [0.2, 0.25) is 5.91 Å². The van der Waals surface area contributed by atoms with Gasteiger partial charge in [-0.2, -0.15) is 0 Å². The smallest absolute Gasteiger partial charge is 0.369 e. The summed E-state index contributed by atoms with van der Waals surface area (Å²) in [5.74, 6) is -0.809. The number of nitrogens with two attached hydrogens (primary N) is 1. The van der Waals surface area contributed by atoms with Crippen LogP contribution in [0.3, 0.4) is 0 Å². The van der Waals surface area contributed by atoms with Gasteiger partial charge < -0.3 is 11.1 Å². The summed E-state index contributed by atoms with van der Waals surface area (Å²) in [7, 11) is -2.19. The van der Waals surface area contributed by atoms with Gasteiger partial charge in [-0.15, -0.1) is 0 Å². The Hall–Kier alpha value is -1.29. The molecule has 3 N–H and O–H groups in total. The van der Waals surface area contributed by atoms with Crippen LogP contribution in [0.2, 0.25) is 0 Å². The van der Waals surface area contributed by atoms with Gasteiger partial charge in [0.15, 0.2) is 9.84 Å². The molecule has 0 radical (unpaired) electrons. The van der Waals surface area contributed by atoms with E-state index in [-0.39, 0.29) is 10.8 Å². The summed E-state index contributed by atoms with van der Waals surface area (Å²) in [6.45, 7) is 2.78. The molecule has 110 valence electrons. The lowest BCUT2D eigenvalue weighted by Gasteiger charge is -2.22. The van der Waals surface area contributed by atoms with Gasteiger partial charge in [0.25, 0.3) is 0 Å². The molecule has 8 nitrogen and oxygen atoms in total. The molecule has 0 aromatic rings. The molecule has 0 saturated carbocycles. The Bertz CT molecular complexity index is 484. The van der Waals surface area contributed by atoms with Gasteiger partial charge in [-0.1, -0.05) is 16.9 Å². The van der Waals surface area contributed by atoms with Gasteiger partial charge in [-0.3, -0.25) is 9.63 Å². The SMILES string of the molecule is CNC(=O)ON=C(SCC(N)=O)C(C)(C)S(C)(=O)=O. The van der Waals surface area contributed by atoms with E-state index in [0.717, 1.165) is 18.0 Å². The quantitative estimate of drug-likeness (QED) is 0.310. The van der Waals surface area contributed by atoms with E-state index < -0.39 is 26.6 Å². The summed E-state index contributed by atoms with van der Waals surface area (Å²) in [6.07, 6.45) is 0.175. The number of nitrogens with one attached hydrogen (secondary N) is 1. The average molecular weight is 311 g/mol. The molecule has 0 fully saturated rings. The first-order valence-corrected chi connectivity index (χ1v) is 7.98. The van der Waals surface area contributed by atoms with Crippen LogP contribution in [0.25, 0.3) is 0 Å². The van der Waals surface area contributed by atoms with Gasteiger partial charge in [-0.25, -0.2) is 13.2 Å². The van der Waals surface area contributed by atoms with Crippen molar-refractivity contribution in [3.63, 3.8) is 0 Å². The van der Waals surface area contributed by atoms with Gasteiger partial charge in [0.05, 0.1) is 5.75 Å². The molecular weight excluding hydrogens is 294 g/mol. The molecule has 10 heteroatoms. The first-order valence-electron chi connectivity index (χ1n) is 5.10. The number of rotatable bonds is 5. The lowest BCUT2D eigenvalue weighted by atomic mass is 10.2. The number of hydrogen-bond acceptors (Lipinski definition) is 7. The summed E-state index contributed by atoms with van der Waals surface area (Å²) in [6, 6.07) is 0. The minimum Gasteiger partial charge on any atom is -0.369 e. The van der Waals surface area contributed by atoms with Crippen molar-refractivity contribution >= 4 is 38.6 Å². The van der Waals surface area contributed by atoms with Crippen LogP contribution < -0.4 is 11.1 Å². The topological polar surface area (TPSA) is 128 Å². The molecule has 0 spiro atoms. The first kappa shape index (κ1) is 17.7. The highest BCUT2D eigenvalue weighted by Gasteiger charge is 2.37. The lowest BCUT2D eigenvalue weighted by molar-refractivity contribution is -0.115.